The van der Waals surface area contributed by atoms with Crippen molar-refractivity contribution in [3.63, 3.8) is 0 Å². The molecule has 0 atom stereocenters. The third kappa shape index (κ3) is 2.05. The second kappa shape index (κ2) is 4.80. The van der Waals surface area contributed by atoms with Crippen molar-refractivity contribution in [2.45, 2.75) is 13.5 Å². The van der Waals surface area contributed by atoms with E-state index < -0.39 is 6.03 Å². The number of carbonyl (C=O) groups is 2. The zero-order valence-electron chi connectivity index (χ0n) is 11.2. The van der Waals surface area contributed by atoms with Gasteiger partial charge in [-0.25, -0.2) is 4.79 Å². The number of rotatable bonds is 3. The first-order chi connectivity index (χ1) is 10.1. The molecule has 1 aromatic carbocycles. The Morgan fingerprint density at radius 3 is 2.86 bits per heavy atom. The molecular weight excluding hydrogens is 268 g/mol. The number of nitriles is 1. The summed E-state index contributed by atoms with van der Waals surface area (Å²) in [6.07, 6.45) is 2.20. The van der Waals surface area contributed by atoms with Crippen molar-refractivity contribution >= 4 is 35.1 Å². The molecule has 0 aliphatic carbocycles. The van der Waals surface area contributed by atoms with Gasteiger partial charge in [0, 0.05) is 16.5 Å². The number of carbonyl (C=O) groups excluding carboxylic acids is 2. The highest BCUT2D eigenvalue weighted by molar-refractivity contribution is 6.37. The van der Waals surface area contributed by atoms with Gasteiger partial charge in [-0.15, -0.1) is 0 Å². The van der Waals surface area contributed by atoms with Gasteiger partial charge >= 0.3 is 6.03 Å². The van der Waals surface area contributed by atoms with Crippen LogP contribution in [0.5, 0.6) is 0 Å². The van der Waals surface area contributed by atoms with Crippen LogP contribution in [0.4, 0.5) is 4.79 Å². The van der Waals surface area contributed by atoms with E-state index in [0.717, 1.165) is 22.8 Å². The number of benzene rings is 1. The zero-order chi connectivity index (χ0) is 15.0. The van der Waals surface area contributed by atoms with Crippen LogP contribution in [0.1, 0.15) is 21.6 Å². The number of aliphatic imine (C=N–C) groups is 2. The molecule has 102 valence electrons. The van der Waals surface area contributed by atoms with Gasteiger partial charge in [0.25, 0.3) is 0 Å². The number of urea groups is 1. The number of aryl methyl sites for hydroxylation is 1. The van der Waals surface area contributed by atoms with Crippen LogP contribution < -0.4 is 0 Å². The maximum Gasteiger partial charge on any atom is 0.367 e. The molecule has 2 aromatic rings. The smallest absolute Gasteiger partial charge is 0.326 e. The van der Waals surface area contributed by atoms with Crippen LogP contribution in [0.25, 0.3) is 10.9 Å². The number of hydrogen-bond donors (Lipinski definition) is 0. The fourth-order valence-corrected chi connectivity index (χ4v) is 2.43. The third-order valence-corrected chi connectivity index (χ3v) is 3.52. The topological polar surface area (TPSA) is 87.6 Å². The summed E-state index contributed by atoms with van der Waals surface area (Å²) in [5.41, 5.74) is 3.21. The molecule has 6 heteroatoms. The highest BCUT2D eigenvalue weighted by Gasteiger charge is 2.15. The average Bonchev–Trinajstić information content (AvgIpc) is 3.04. The lowest BCUT2D eigenvalue weighted by atomic mass is 10.1. The summed E-state index contributed by atoms with van der Waals surface area (Å²) >= 11 is 0. The molecule has 21 heavy (non-hydrogen) atoms. The fraction of sp³-hybridized carbons (Fsp3) is 0.133. The minimum Gasteiger partial charge on any atom is -0.326 e. The van der Waals surface area contributed by atoms with Crippen molar-refractivity contribution in [3.8, 4) is 6.07 Å². The number of hydrogen-bond acceptors (Lipinski definition) is 3. The lowest BCUT2D eigenvalue weighted by Crippen LogP contribution is -2.11. The number of amides is 2. The minimum absolute atomic E-state index is 0.293. The van der Waals surface area contributed by atoms with Gasteiger partial charge in [0.1, 0.15) is 18.0 Å². The Labute approximate surface area is 120 Å². The van der Waals surface area contributed by atoms with Gasteiger partial charge in [0.2, 0.25) is 0 Å². The Morgan fingerprint density at radius 1 is 1.43 bits per heavy atom. The van der Waals surface area contributed by atoms with Crippen LogP contribution in [-0.4, -0.2) is 28.8 Å². The van der Waals surface area contributed by atoms with Crippen molar-refractivity contribution in [2.75, 3.05) is 0 Å². The average molecular weight is 278 g/mol. The second-order valence-corrected chi connectivity index (χ2v) is 4.70. The molecule has 6 nitrogen and oxygen atoms in total. The molecule has 2 heterocycles. The molecule has 0 N–H and O–H groups in total. The Hall–Kier alpha value is -3.07. The van der Waals surface area contributed by atoms with Crippen molar-refractivity contribution in [1.29, 1.82) is 5.26 Å². The molecule has 0 fully saturated rings. The Morgan fingerprint density at radius 2 is 2.24 bits per heavy atom. The van der Waals surface area contributed by atoms with E-state index in [-0.39, 0.29) is 0 Å². The van der Waals surface area contributed by atoms with E-state index in [1.165, 1.54) is 6.21 Å². The number of aldehydes is 1. The summed E-state index contributed by atoms with van der Waals surface area (Å²) in [6.45, 7) is 2.14. The monoisotopic (exact) mass is 278 g/mol. The van der Waals surface area contributed by atoms with E-state index >= 15 is 0 Å². The summed E-state index contributed by atoms with van der Waals surface area (Å²) in [4.78, 5) is 29.4. The van der Waals surface area contributed by atoms with Crippen molar-refractivity contribution in [2.24, 2.45) is 9.98 Å². The van der Waals surface area contributed by atoms with Gasteiger partial charge < -0.3 is 4.57 Å². The first-order valence-electron chi connectivity index (χ1n) is 6.27. The summed E-state index contributed by atoms with van der Waals surface area (Å²) < 4.78 is 1.76. The molecule has 0 unspecified atom stereocenters. The van der Waals surface area contributed by atoms with Crippen LogP contribution >= 0.6 is 0 Å². The molecule has 1 aliphatic rings. The Kier molecular flexibility index (Phi) is 2.95. The van der Waals surface area contributed by atoms with Gasteiger partial charge in [-0.3, -0.25) is 4.79 Å². The summed E-state index contributed by atoms with van der Waals surface area (Å²) in [5.74, 6) is 0. The van der Waals surface area contributed by atoms with Crippen LogP contribution in [0.15, 0.2) is 28.2 Å². The van der Waals surface area contributed by atoms with E-state index in [1.54, 1.807) is 22.8 Å². The molecule has 1 aliphatic heterocycles. The Bertz CT molecular complexity index is 881. The van der Waals surface area contributed by atoms with Crippen molar-refractivity contribution in [3.05, 3.63) is 35.0 Å². The van der Waals surface area contributed by atoms with E-state index in [1.807, 2.05) is 6.92 Å². The lowest BCUT2D eigenvalue weighted by molar-refractivity contribution is 0.112. The summed E-state index contributed by atoms with van der Waals surface area (Å²) in [6, 6.07) is 6.85. The van der Waals surface area contributed by atoms with Crippen LogP contribution in [0.2, 0.25) is 0 Å². The Balaban J connectivity index is 2.18. The van der Waals surface area contributed by atoms with E-state index in [0.29, 0.717) is 23.5 Å². The molecule has 2 amide bonds. The van der Waals surface area contributed by atoms with Gasteiger partial charge in [-0.1, -0.05) is 0 Å². The molecular formula is C15H10N4O2. The van der Waals surface area contributed by atoms with Gasteiger partial charge in [0.15, 0.2) is 0 Å². The van der Waals surface area contributed by atoms with E-state index in [2.05, 4.69) is 16.1 Å². The van der Waals surface area contributed by atoms with Crippen LogP contribution in [0, 0.1) is 18.3 Å². The first-order valence-corrected chi connectivity index (χ1v) is 6.27. The number of nitrogens with zero attached hydrogens (tertiary/aromatic N) is 4. The van der Waals surface area contributed by atoms with Crippen LogP contribution in [0.3, 0.4) is 0 Å². The normalized spacial score (nSPS) is 13.5. The predicted octanol–water partition coefficient (Wildman–Crippen LogP) is 2.28. The lowest BCUT2D eigenvalue weighted by Gasteiger charge is -2.06. The number of fused-ring (bicyclic) bond motifs is 1. The standard InChI is InChI=1S/C15H10N4O2/c1-9-10(8-20)2-3-14-13(9)4-12(5-16)19(14)7-11-6-17-15(21)18-11/h2-4,6,8H,7H2,1H3. The molecule has 0 bridgehead atoms. The summed E-state index contributed by atoms with van der Waals surface area (Å²) in [5, 5.41) is 10.1. The third-order valence-electron chi connectivity index (χ3n) is 3.52. The van der Waals surface area contributed by atoms with Gasteiger partial charge in [-0.05, 0) is 30.7 Å². The highest BCUT2D eigenvalue weighted by atomic mass is 16.2. The molecule has 0 saturated carbocycles. The fourth-order valence-electron chi connectivity index (χ4n) is 2.43. The largest absolute Gasteiger partial charge is 0.367 e. The molecule has 0 spiro atoms. The second-order valence-electron chi connectivity index (χ2n) is 4.70. The molecule has 1 aromatic heterocycles. The maximum atomic E-state index is 11.0. The molecule has 0 saturated heterocycles. The maximum absolute atomic E-state index is 11.0. The molecule has 0 radical (unpaired) electrons. The summed E-state index contributed by atoms with van der Waals surface area (Å²) in [7, 11) is 0. The van der Waals surface area contributed by atoms with E-state index in [9.17, 15) is 14.9 Å². The van der Waals surface area contributed by atoms with Crippen LogP contribution in [-0.2, 0) is 6.54 Å². The minimum atomic E-state index is -0.528. The SMILES string of the molecule is Cc1c(C=O)ccc2c1cc(C#N)n2CC1=NC(=O)N=C1. The zero-order valence-corrected chi connectivity index (χ0v) is 11.2. The first kappa shape index (κ1) is 12.9. The van der Waals surface area contributed by atoms with Crippen molar-refractivity contribution in [1.82, 2.24) is 4.57 Å². The highest BCUT2D eigenvalue weighted by Crippen LogP contribution is 2.25. The predicted molar refractivity (Wildman–Crippen MR) is 78.1 cm³/mol. The number of aromatic nitrogens is 1. The van der Waals surface area contributed by atoms with Gasteiger partial charge in [0.05, 0.1) is 18.5 Å². The van der Waals surface area contributed by atoms with Gasteiger partial charge in [-0.2, -0.15) is 15.2 Å². The van der Waals surface area contributed by atoms with Crippen molar-refractivity contribution < 1.29 is 9.59 Å². The molecule has 3 rings (SSSR count). The van der Waals surface area contributed by atoms with E-state index in [4.69, 9.17) is 0 Å². The quantitative estimate of drug-likeness (QED) is 0.807.